The SMILES string of the molecule is CCCNCC1(OC2CCCC(CC)C2)CCC(C)CC1. The summed E-state index contributed by atoms with van der Waals surface area (Å²) in [6, 6.07) is 0. The number of hydrogen-bond donors (Lipinski definition) is 1. The number of nitrogens with one attached hydrogen (secondary N) is 1. The lowest BCUT2D eigenvalue weighted by atomic mass is 9.78. The molecule has 2 aliphatic rings. The molecule has 0 radical (unpaired) electrons. The quantitative estimate of drug-likeness (QED) is 0.673. The van der Waals surface area contributed by atoms with E-state index in [2.05, 4.69) is 26.1 Å². The van der Waals surface area contributed by atoms with Gasteiger partial charge in [-0.3, -0.25) is 0 Å². The average molecular weight is 296 g/mol. The Morgan fingerprint density at radius 1 is 1.10 bits per heavy atom. The molecule has 0 amide bonds. The summed E-state index contributed by atoms with van der Waals surface area (Å²) >= 11 is 0. The van der Waals surface area contributed by atoms with Crippen molar-refractivity contribution in [2.45, 2.75) is 96.7 Å². The van der Waals surface area contributed by atoms with Crippen LogP contribution in [0.15, 0.2) is 0 Å². The Hall–Kier alpha value is -0.0800. The molecule has 124 valence electrons. The van der Waals surface area contributed by atoms with Crippen LogP contribution in [0.1, 0.15) is 85.0 Å². The summed E-state index contributed by atoms with van der Waals surface area (Å²) in [7, 11) is 0. The van der Waals surface area contributed by atoms with Gasteiger partial charge in [-0.2, -0.15) is 0 Å². The minimum absolute atomic E-state index is 0.141. The lowest BCUT2D eigenvalue weighted by Gasteiger charge is -2.43. The highest BCUT2D eigenvalue weighted by atomic mass is 16.5. The summed E-state index contributed by atoms with van der Waals surface area (Å²) in [6.07, 6.45) is 13.7. The first-order chi connectivity index (χ1) is 10.2. The molecular weight excluding hydrogens is 258 g/mol. The van der Waals surface area contributed by atoms with Crippen LogP contribution in [0.25, 0.3) is 0 Å². The smallest absolute Gasteiger partial charge is 0.0810 e. The molecule has 2 nitrogen and oxygen atoms in total. The van der Waals surface area contributed by atoms with E-state index in [1.807, 2.05) is 0 Å². The van der Waals surface area contributed by atoms with Crippen LogP contribution in [0.2, 0.25) is 0 Å². The largest absolute Gasteiger partial charge is 0.370 e. The van der Waals surface area contributed by atoms with Gasteiger partial charge >= 0.3 is 0 Å². The van der Waals surface area contributed by atoms with E-state index in [4.69, 9.17) is 4.74 Å². The Labute approximate surface area is 132 Å². The first kappa shape index (κ1) is 17.3. The Kier molecular flexibility index (Phi) is 7.01. The third-order valence-corrected chi connectivity index (χ3v) is 5.79. The summed E-state index contributed by atoms with van der Waals surface area (Å²) < 4.78 is 6.78. The summed E-state index contributed by atoms with van der Waals surface area (Å²) in [4.78, 5) is 0. The summed E-state index contributed by atoms with van der Waals surface area (Å²) in [5.41, 5.74) is 0.141. The van der Waals surface area contributed by atoms with E-state index in [9.17, 15) is 0 Å². The van der Waals surface area contributed by atoms with Gasteiger partial charge in [0, 0.05) is 6.54 Å². The molecule has 2 rings (SSSR count). The van der Waals surface area contributed by atoms with Crippen molar-refractivity contribution in [3.8, 4) is 0 Å². The number of hydrogen-bond acceptors (Lipinski definition) is 2. The molecule has 0 saturated heterocycles. The van der Waals surface area contributed by atoms with Gasteiger partial charge in [-0.25, -0.2) is 0 Å². The maximum absolute atomic E-state index is 6.78. The van der Waals surface area contributed by atoms with Gasteiger partial charge in [0.2, 0.25) is 0 Å². The highest BCUT2D eigenvalue weighted by Gasteiger charge is 2.38. The van der Waals surface area contributed by atoms with Crippen molar-refractivity contribution in [1.82, 2.24) is 5.32 Å². The predicted molar refractivity (Wildman–Crippen MR) is 90.6 cm³/mol. The van der Waals surface area contributed by atoms with Crippen molar-refractivity contribution >= 4 is 0 Å². The Morgan fingerprint density at radius 2 is 1.86 bits per heavy atom. The van der Waals surface area contributed by atoms with E-state index >= 15 is 0 Å². The monoisotopic (exact) mass is 295 g/mol. The van der Waals surface area contributed by atoms with Gasteiger partial charge < -0.3 is 10.1 Å². The Morgan fingerprint density at radius 3 is 2.52 bits per heavy atom. The first-order valence-electron chi connectivity index (χ1n) is 9.56. The Bertz CT molecular complexity index is 283. The zero-order chi connectivity index (χ0) is 15.1. The molecule has 1 N–H and O–H groups in total. The van der Waals surface area contributed by atoms with E-state index in [1.165, 1.54) is 64.2 Å². The molecule has 21 heavy (non-hydrogen) atoms. The molecule has 2 heteroatoms. The second-order valence-electron chi connectivity index (χ2n) is 7.72. The van der Waals surface area contributed by atoms with E-state index in [0.717, 1.165) is 24.9 Å². The standard InChI is InChI=1S/C19H37NO/c1-4-13-20-15-19(11-9-16(3)10-12-19)21-18-8-6-7-17(5-2)14-18/h16-18,20H,4-15H2,1-3H3. The molecule has 2 fully saturated rings. The third kappa shape index (κ3) is 5.25. The van der Waals surface area contributed by atoms with Crippen LogP contribution in [0.3, 0.4) is 0 Å². The third-order valence-electron chi connectivity index (χ3n) is 5.79. The summed E-state index contributed by atoms with van der Waals surface area (Å²) in [5, 5.41) is 3.65. The average Bonchev–Trinajstić information content (AvgIpc) is 2.51. The van der Waals surface area contributed by atoms with Crippen molar-refractivity contribution in [2.24, 2.45) is 11.8 Å². The fraction of sp³-hybridized carbons (Fsp3) is 1.00. The van der Waals surface area contributed by atoms with Crippen molar-refractivity contribution in [3.05, 3.63) is 0 Å². The van der Waals surface area contributed by atoms with Crippen LogP contribution in [0.4, 0.5) is 0 Å². The number of ether oxygens (including phenoxy) is 1. The van der Waals surface area contributed by atoms with Crippen LogP contribution in [-0.4, -0.2) is 24.8 Å². The van der Waals surface area contributed by atoms with Crippen LogP contribution < -0.4 is 5.32 Å². The van der Waals surface area contributed by atoms with Crippen LogP contribution >= 0.6 is 0 Å². The fourth-order valence-corrected chi connectivity index (χ4v) is 4.19. The van der Waals surface area contributed by atoms with Gasteiger partial charge in [0.1, 0.15) is 0 Å². The highest BCUT2D eigenvalue weighted by Crippen LogP contribution is 2.38. The highest BCUT2D eigenvalue weighted by molar-refractivity contribution is 4.90. The van der Waals surface area contributed by atoms with E-state index in [-0.39, 0.29) is 5.60 Å². The van der Waals surface area contributed by atoms with Crippen molar-refractivity contribution in [2.75, 3.05) is 13.1 Å². The molecule has 2 atom stereocenters. The van der Waals surface area contributed by atoms with Gasteiger partial charge in [0.25, 0.3) is 0 Å². The zero-order valence-electron chi connectivity index (χ0n) is 14.6. The molecule has 0 bridgehead atoms. The minimum atomic E-state index is 0.141. The fourth-order valence-electron chi connectivity index (χ4n) is 4.19. The molecule has 2 aliphatic carbocycles. The molecule has 2 saturated carbocycles. The topological polar surface area (TPSA) is 21.3 Å². The van der Waals surface area contributed by atoms with E-state index in [1.54, 1.807) is 0 Å². The Balaban J connectivity index is 1.91. The second kappa shape index (κ2) is 8.53. The molecule has 0 aliphatic heterocycles. The molecule has 0 heterocycles. The normalized spacial score (nSPS) is 37.6. The van der Waals surface area contributed by atoms with E-state index < -0.39 is 0 Å². The first-order valence-corrected chi connectivity index (χ1v) is 9.56. The van der Waals surface area contributed by atoms with Crippen molar-refractivity contribution in [3.63, 3.8) is 0 Å². The van der Waals surface area contributed by atoms with Crippen molar-refractivity contribution < 1.29 is 4.74 Å². The van der Waals surface area contributed by atoms with Crippen LogP contribution in [-0.2, 0) is 4.74 Å². The molecule has 2 unspecified atom stereocenters. The molecular formula is C19H37NO. The molecule has 0 aromatic rings. The van der Waals surface area contributed by atoms with Gasteiger partial charge in [-0.15, -0.1) is 0 Å². The summed E-state index contributed by atoms with van der Waals surface area (Å²) in [6.45, 7) is 9.19. The molecule has 0 aromatic heterocycles. The van der Waals surface area contributed by atoms with Gasteiger partial charge in [0.05, 0.1) is 11.7 Å². The molecule has 0 spiro atoms. The maximum Gasteiger partial charge on any atom is 0.0810 e. The lowest BCUT2D eigenvalue weighted by molar-refractivity contribution is -0.131. The summed E-state index contributed by atoms with van der Waals surface area (Å²) in [5.74, 6) is 1.80. The second-order valence-corrected chi connectivity index (χ2v) is 7.72. The number of rotatable bonds is 7. The lowest BCUT2D eigenvalue weighted by Crippen LogP contribution is -2.48. The minimum Gasteiger partial charge on any atom is -0.370 e. The van der Waals surface area contributed by atoms with Crippen molar-refractivity contribution in [1.29, 1.82) is 0 Å². The van der Waals surface area contributed by atoms with Gasteiger partial charge in [0.15, 0.2) is 0 Å². The van der Waals surface area contributed by atoms with Crippen LogP contribution in [0, 0.1) is 11.8 Å². The van der Waals surface area contributed by atoms with Crippen LogP contribution in [0.5, 0.6) is 0 Å². The van der Waals surface area contributed by atoms with Gasteiger partial charge in [-0.1, -0.05) is 40.0 Å². The van der Waals surface area contributed by atoms with E-state index in [0.29, 0.717) is 6.10 Å². The zero-order valence-corrected chi connectivity index (χ0v) is 14.6. The predicted octanol–water partition coefficient (Wildman–Crippen LogP) is 4.92. The maximum atomic E-state index is 6.78. The molecule has 0 aromatic carbocycles. The van der Waals surface area contributed by atoms with Gasteiger partial charge in [-0.05, 0) is 63.3 Å².